The molecule has 0 radical (unpaired) electrons. The lowest BCUT2D eigenvalue weighted by Gasteiger charge is -2.34. The van der Waals surface area contributed by atoms with Crippen molar-refractivity contribution in [2.24, 2.45) is 0 Å². The van der Waals surface area contributed by atoms with Gasteiger partial charge in [0.05, 0.1) is 6.42 Å². The van der Waals surface area contributed by atoms with Gasteiger partial charge in [-0.25, -0.2) is 15.0 Å². The van der Waals surface area contributed by atoms with Crippen molar-refractivity contribution in [3.63, 3.8) is 0 Å². The van der Waals surface area contributed by atoms with Gasteiger partial charge in [-0.15, -0.1) is 11.3 Å². The van der Waals surface area contributed by atoms with Crippen molar-refractivity contribution >= 4 is 23.2 Å². The van der Waals surface area contributed by atoms with E-state index in [1.807, 2.05) is 34.0 Å². The van der Waals surface area contributed by atoms with Gasteiger partial charge in [0.2, 0.25) is 11.9 Å². The van der Waals surface area contributed by atoms with Gasteiger partial charge >= 0.3 is 0 Å². The number of piperazine rings is 1. The second kappa shape index (κ2) is 7.02. The lowest BCUT2D eigenvalue weighted by atomic mass is 10.2. The monoisotopic (exact) mass is 354 g/mol. The maximum atomic E-state index is 12.6. The van der Waals surface area contributed by atoms with Gasteiger partial charge in [0, 0.05) is 62.0 Å². The fraction of sp³-hybridized carbons (Fsp3) is 0.294. The van der Waals surface area contributed by atoms with Crippen molar-refractivity contribution in [1.82, 2.24) is 24.4 Å². The number of hydrogen-bond acceptors (Lipinski definition) is 6. The fourth-order valence-electron chi connectivity index (χ4n) is 2.83. The number of nitrogens with zero attached hydrogens (tertiary/aromatic N) is 6. The molecule has 3 aromatic rings. The largest absolute Gasteiger partial charge is 0.339 e. The normalized spacial score (nSPS) is 14.7. The molecule has 7 nitrogen and oxygen atoms in total. The summed E-state index contributed by atoms with van der Waals surface area (Å²) in [6, 6.07) is 5.73. The van der Waals surface area contributed by atoms with E-state index in [4.69, 9.17) is 0 Å². The summed E-state index contributed by atoms with van der Waals surface area (Å²) in [5, 5.41) is 0.888. The molecule has 0 saturated carbocycles. The van der Waals surface area contributed by atoms with E-state index in [0.29, 0.717) is 19.5 Å². The van der Waals surface area contributed by atoms with Crippen molar-refractivity contribution < 1.29 is 4.79 Å². The second-order valence-electron chi connectivity index (χ2n) is 5.79. The minimum atomic E-state index is 0.149. The molecule has 0 N–H and O–H groups in total. The van der Waals surface area contributed by atoms with Crippen LogP contribution in [-0.4, -0.2) is 56.5 Å². The minimum Gasteiger partial charge on any atom is -0.339 e. The molecule has 0 bridgehead atoms. The van der Waals surface area contributed by atoms with E-state index < -0.39 is 0 Å². The molecule has 0 aliphatic carbocycles. The Morgan fingerprint density at radius 2 is 1.72 bits per heavy atom. The SMILES string of the molecule is O=C(Cc1cnc(-n2cccc2)s1)N1CCN(c2ncccn2)CC1. The first-order chi connectivity index (χ1) is 12.3. The van der Waals surface area contributed by atoms with E-state index in [9.17, 15) is 4.79 Å². The van der Waals surface area contributed by atoms with Gasteiger partial charge in [0.25, 0.3) is 0 Å². The molecule has 0 aromatic carbocycles. The Hall–Kier alpha value is -2.74. The Bertz CT molecular complexity index is 824. The Kier molecular flexibility index (Phi) is 4.43. The average Bonchev–Trinajstić information content (AvgIpc) is 3.34. The first-order valence-corrected chi connectivity index (χ1v) is 8.99. The van der Waals surface area contributed by atoms with Crippen LogP contribution in [0.1, 0.15) is 4.88 Å². The van der Waals surface area contributed by atoms with Gasteiger partial charge in [-0.1, -0.05) is 0 Å². The molecule has 0 unspecified atom stereocenters. The Morgan fingerprint density at radius 3 is 2.44 bits per heavy atom. The Labute approximate surface area is 149 Å². The standard InChI is InChI=1S/C17H18N6OS/c24-15(12-14-13-20-17(25-14)23-6-1-2-7-23)21-8-10-22(11-9-21)16-18-4-3-5-19-16/h1-7,13H,8-12H2. The topological polar surface area (TPSA) is 67.2 Å². The molecule has 1 aliphatic rings. The Balaban J connectivity index is 1.34. The van der Waals surface area contributed by atoms with Crippen LogP contribution in [0, 0.1) is 0 Å². The van der Waals surface area contributed by atoms with E-state index in [1.54, 1.807) is 36.0 Å². The Morgan fingerprint density at radius 1 is 1.00 bits per heavy atom. The van der Waals surface area contributed by atoms with E-state index in [0.717, 1.165) is 29.0 Å². The molecule has 1 saturated heterocycles. The number of rotatable bonds is 4. The number of anilines is 1. The van der Waals surface area contributed by atoms with Crippen LogP contribution in [0.2, 0.25) is 0 Å². The summed E-state index contributed by atoms with van der Waals surface area (Å²) in [7, 11) is 0. The van der Waals surface area contributed by atoms with E-state index in [2.05, 4.69) is 19.9 Å². The molecule has 4 heterocycles. The molecular formula is C17H18N6OS. The zero-order chi connectivity index (χ0) is 17.1. The zero-order valence-electron chi connectivity index (χ0n) is 13.7. The quantitative estimate of drug-likeness (QED) is 0.712. The van der Waals surface area contributed by atoms with Gasteiger partial charge in [0.15, 0.2) is 5.13 Å². The van der Waals surface area contributed by atoms with E-state index >= 15 is 0 Å². The summed E-state index contributed by atoms with van der Waals surface area (Å²) in [5.41, 5.74) is 0. The molecule has 0 spiro atoms. The minimum absolute atomic E-state index is 0.149. The van der Waals surface area contributed by atoms with E-state index in [-0.39, 0.29) is 5.91 Å². The number of carbonyl (C=O) groups excluding carboxylic acids is 1. The zero-order valence-corrected chi connectivity index (χ0v) is 14.5. The van der Waals surface area contributed by atoms with Crippen LogP contribution < -0.4 is 4.90 Å². The van der Waals surface area contributed by atoms with Gasteiger partial charge in [-0.2, -0.15) is 0 Å². The molecule has 4 rings (SSSR count). The number of carbonyl (C=O) groups is 1. The van der Waals surface area contributed by atoms with Crippen molar-refractivity contribution in [2.75, 3.05) is 31.1 Å². The third-order valence-electron chi connectivity index (χ3n) is 4.16. The van der Waals surface area contributed by atoms with Gasteiger partial charge < -0.3 is 14.4 Å². The number of amides is 1. The van der Waals surface area contributed by atoms with Crippen molar-refractivity contribution in [3.8, 4) is 5.13 Å². The second-order valence-corrected chi connectivity index (χ2v) is 6.89. The van der Waals surface area contributed by atoms with Gasteiger partial charge in [-0.3, -0.25) is 4.79 Å². The molecular weight excluding hydrogens is 336 g/mol. The maximum Gasteiger partial charge on any atom is 0.228 e. The molecule has 25 heavy (non-hydrogen) atoms. The van der Waals surface area contributed by atoms with Crippen LogP contribution >= 0.6 is 11.3 Å². The van der Waals surface area contributed by atoms with Crippen molar-refractivity contribution in [1.29, 1.82) is 0 Å². The summed E-state index contributed by atoms with van der Waals surface area (Å²) in [5.74, 6) is 0.879. The van der Waals surface area contributed by atoms with E-state index in [1.165, 1.54) is 0 Å². The molecule has 0 atom stereocenters. The highest BCUT2D eigenvalue weighted by Gasteiger charge is 2.23. The predicted molar refractivity (Wildman–Crippen MR) is 96.0 cm³/mol. The first-order valence-electron chi connectivity index (χ1n) is 8.17. The summed E-state index contributed by atoms with van der Waals surface area (Å²) in [6.45, 7) is 2.90. The highest BCUT2D eigenvalue weighted by atomic mass is 32.1. The molecule has 8 heteroatoms. The summed E-state index contributed by atoms with van der Waals surface area (Å²) in [4.78, 5) is 30.5. The van der Waals surface area contributed by atoms with Crippen LogP contribution in [0.25, 0.3) is 5.13 Å². The number of thiazole rings is 1. The number of hydrogen-bond donors (Lipinski definition) is 0. The molecule has 3 aromatic heterocycles. The summed E-state index contributed by atoms with van der Waals surface area (Å²) in [6.07, 6.45) is 9.59. The highest BCUT2D eigenvalue weighted by molar-refractivity contribution is 7.14. The third-order valence-corrected chi connectivity index (χ3v) is 5.17. The van der Waals surface area contributed by atoms with Crippen molar-refractivity contribution in [3.05, 3.63) is 54.1 Å². The highest BCUT2D eigenvalue weighted by Crippen LogP contribution is 2.19. The van der Waals surface area contributed by atoms with Crippen LogP contribution in [0.15, 0.2) is 49.2 Å². The predicted octanol–water partition coefficient (Wildman–Crippen LogP) is 1.62. The first kappa shape index (κ1) is 15.8. The van der Waals surface area contributed by atoms with Gasteiger partial charge in [-0.05, 0) is 18.2 Å². The fourth-order valence-corrected chi connectivity index (χ4v) is 3.70. The van der Waals surface area contributed by atoms with Crippen molar-refractivity contribution in [2.45, 2.75) is 6.42 Å². The van der Waals surface area contributed by atoms with Gasteiger partial charge in [0.1, 0.15) is 0 Å². The van der Waals surface area contributed by atoms with Crippen LogP contribution in [-0.2, 0) is 11.2 Å². The molecule has 1 fully saturated rings. The molecule has 1 amide bonds. The number of aromatic nitrogens is 4. The summed E-state index contributed by atoms with van der Waals surface area (Å²) < 4.78 is 1.96. The molecule has 128 valence electrons. The smallest absolute Gasteiger partial charge is 0.228 e. The van der Waals surface area contributed by atoms with Crippen LogP contribution in [0.5, 0.6) is 0 Å². The lowest BCUT2D eigenvalue weighted by Crippen LogP contribution is -2.49. The lowest BCUT2D eigenvalue weighted by molar-refractivity contribution is -0.130. The maximum absolute atomic E-state index is 12.6. The van der Waals surface area contributed by atoms with Crippen LogP contribution in [0.4, 0.5) is 5.95 Å². The summed E-state index contributed by atoms with van der Waals surface area (Å²) >= 11 is 1.55. The average molecular weight is 354 g/mol. The van der Waals surface area contributed by atoms with Crippen LogP contribution in [0.3, 0.4) is 0 Å². The molecule has 1 aliphatic heterocycles. The third kappa shape index (κ3) is 3.53.